The Labute approximate surface area is 31.1 Å². The SMILES string of the molecule is OCCBF. The standard InChI is InChI=1S/C2H6BFO/c4-3-1-2-5/h3,5H,1-2H2. The predicted molar refractivity (Wildman–Crippen MR) is 20.1 cm³/mol. The Morgan fingerprint density at radius 3 is 2.40 bits per heavy atom. The summed E-state index contributed by atoms with van der Waals surface area (Å²) in [5, 5.41) is 7.83. The van der Waals surface area contributed by atoms with E-state index in [9.17, 15) is 4.32 Å². The van der Waals surface area contributed by atoms with Crippen molar-refractivity contribution in [2.75, 3.05) is 6.61 Å². The van der Waals surface area contributed by atoms with E-state index in [2.05, 4.69) is 0 Å². The molecule has 0 aromatic heterocycles. The van der Waals surface area contributed by atoms with Crippen LogP contribution in [0.4, 0.5) is 4.32 Å². The van der Waals surface area contributed by atoms with Crippen LogP contribution in [0.2, 0.25) is 6.32 Å². The van der Waals surface area contributed by atoms with Crippen LogP contribution in [0.25, 0.3) is 0 Å². The molecule has 0 aliphatic carbocycles. The average Bonchev–Trinajstić information content (AvgIpc) is 1.41. The lowest BCUT2D eigenvalue weighted by Gasteiger charge is -1.73. The van der Waals surface area contributed by atoms with Gasteiger partial charge in [0.15, 0.2) is 0 Å². The smallest absolute Gasteiger partial charge is 0.333 e. The van der Waals surface area contributed by atoms with Gasteiger partial charge in [-0.2, -0.15) is 0 Å². The van der Waals surface area contributed by atoms with Gasteiger partial charge in [0.2, 0.25) is 0 Å². The first kappa shape index (κ1) is 4.95. The van der Waals surface area contributed by atoms with E-state index in [1.54, 1.807) is 0 Å². The summed E-state index contributed by atoms with van der Waals surface area (Å²) >= 11 is 0. The van der Waals surface area contributed by atoms with Crippen molar-refractivity contribution in [3.05, 3.63) is 0 Å². The van der Waals surface area contributed by atoms with Crippen LogP contribution in [-0.4, -0.2) is 19.3 Å². The minimum atomic E-state index is -0.406. The van der Waals surface area contributed by atoms with Crippen LogP contribution in [0, 0.1) is 0 Å². The predicted octanol–water partition coefficient (Wildman–Crippen LogP) is -0.282. The molecule has 0 saturated carbocycles. The van der Waals surface area contributed by atoms with E-state index in [0.717, 1.165) is 0 Å². The topological polar surface area (TPSA) is 20.2 Å². The number of hydrogen-bond acceptors (Lipinski definition) is 1. The van der Waals surface area contributed by atoms with E-state index >= 15 is 0 Å². The molecule has 0 aromatic rings. The Bertz CT molecular complexity index is 17.1. The van der Waals surface area contributed by atoms with E-state index in [0.29, 0.717) is 0 Å². The zero-order valence-electron chi connectivity index (χ0n) is 2.95. The second-order valence-corrected chi connectivity index (χ2v) is 0.766. The van der Waals surface area contributed by atoms with E-state index in [1.807, 2.05) is 0 Å². The van der Waals surface area contributed by atoms with Gasteiger partial charge in [-0.3, -0.25) is 0 Å². The molecule has 0 radical (unpaired) electrons. The van der Waals surface area contributed by atoms with E-state index in [4.69, 9.17) is 5.11 Å². The van der Waals surface area contributed by atoms with Crippen LogP contribution < -0.4 is 0 Å². The molecule has 0 aliphatic rings. The lowest BCUT2D eigenvalue weighted by atomic mass is 10.0. The maximum Gasteiger partial charge on any atom is 0.333 e. The van der Waals surface area contributed by atoms with Gasteiger partial charge in [-0.1, -0.05) is 0 Å². The molecule has 5 heavy (non-hydrogen) atoms. The van der Waals surface area contributed by atoms with Gasteiger partial charge in [0, 0.05) is 6.61 Å². The molecule has 0 bridgehead atoms. The summed E-state index contributed by atoms with van der Waals surface area (Å²) in [6.45, 7) is -0.0312. The fourth-order valence-corrected chi connectivity index (χ4v) is 0.0598. The van der Waals surface area contributed by atoms with Crippen molar-refractivity contribution in [1.29, 1.82) is 0 Å². The van der Waals surface area contributed by atoms with Crippen LogP contribution >= 0.6 is 0 Å². The van der Waals surface area contributed by atoms with Gasteiger partial charge < -0.3 is 9.42 Å². The van der Waals surface area contributed by atoms with Gasteiger partial charge in [0.05, 0.1) is 0 Å². The summed E-state index contributed by atoms with van der Waals surface area (Å²) in [6, 6.07) is 0. The van der Waals surface area contributed by atoms with E-state index in [1.165, 1.54) is 0 Å². The summed E-state index contributed by atoms with van der Waals surface area (Å²) in [5.74, 6) is 0. The zero-order valence-corrected chi connectivity index (χ0v) is 2.95. The molecule has 3 heteroatoms. The van der Waals surface area contributed by atoms with E-state index in [-0.39, 0.29) is 12.9 Å². The molecule has 0 atom stereocenters. The molecule has 0 spiro atoms. The minimum Gasteiger partial charge on any atom is -0.397 e. The molecule has 0 amide bonds. The highest BCUT2D eigenvalue weighted by atomic mass is 19.1. The van der Waals surface area contributed by atoms with Crippen molar-refractivity contribution in [1.82, 2.24) is 0 Å². The van der Waals surface area contributed by atoms with Gasteiger partial charge in [-0.25, -0.2) is 0 Å². The summed E-state index contributed by atoms with van der Waals surface area (Å²) in [7, 11) is -0.406. The largest absolute Gasteiger partial charge is 0.397 e. The Balaban J connectivity index is 2.19. The second kappa shape index (κ2) is 3.95. The quantitative estimate of drug-likeness (QED) is 0.448. The maximum absolute atomic E-state index is 10.8. The highest BCUT2D eigenvalue weighted by Gasteiger charge is 1.78. The van der Waals surface area contributed by atoms with Gasteiger partial charge in [-0.05, 0) is 6.32 Å². The minimum absolute atomic E-state index is 0.0312. The van der Waals surface area contributed by atoms with Gasteiger partial charge >= 0.3 is 7.56 Å². The molecular formula is C2H6BFO. The second-order valence-electron chi connectivity index (χ2n) is 0.766. The molecule has 0 rings (SSSR count). The van der Waals surface area contributed by atoms with Crippen molar-refractivity contribution in [3.8, 4) is 0 Å². The van der Waals surface area contributed by atoms with Crippen LogP contribution in [-0.2, 0) is 0 Å². The molecule has 0 heterocycles. The van der Waals surface area contributed by atoms with Crippen LogP contribution in [0.15, 0.2) is 0 Å². The number of aliphatic hydroxyl groups excluding tert-OH is 1. The molecule has 1 N–H and O–H groups in total. The first-order valence-electron chi connectivity index (χ1n) is 1.58. The van der Waals surface area contributed by atoms with E-state index < -0.39 is 7.56 Å². The zero-order chi connectivity index (χ0) is 4.12. The van der Waals surface area contributed by atoms with Crippen molar-refractivity contribution >= 4 is 7.56 Å². The summed E-state index contributed by atoms with van der Waals surface area (Å²) < 4.78 is 10.8. The maximum atomic E-state index is 10.8. The first-order chi connectivity index (χ1) is 2.41. The molecule has 0 fully saturated rings. The molecular weight excluding hydrogens is 69.8 g/mol. The molecule has 0 aromatic carbocycles. The summed E-state index contributed by atoms with van der Waals surface area (Å²) in [4.78, 5) is 0. The summed E-state index contributed by atoms with van der Waals surface area (Å²) in [6.07, 6.45) is 0.278. The molecule has 0 unspecified atom stereocenters. The van der Waals surface area contributed by atoms with Crippen LogP contribution in [0.3, 0.4) is 0 Å². The van der Waals surface area contributed by atoms with Gasteiger partial charge in [0.1, 0.15) is 0 Å². The van der Waals surface area contributed by atoms with Gasteiger partial charge in [0.25, 0.3) is 0 Å². The Hall–Kier alpha value is -0.0451. The number of hydrogen-bond donors (Lipinski definition) is 1. The van der Waals surface area contributed by atoms with Crippen molar-refractivity contribution in [2.45, 2.75) is 6.32 Å². The average molecular weight is 75.9 g/mol. The monoisotopic (exact) mass is 76.0 g/mol. The molecule has 1 nitrogen and oxygen atoms in total. The third-order valence-electron chi connectivity index (χ3n) is 0.292. The molecule has 0 saturated heterocycles. The third-order valence-corrected chi connectivity index (χ3v) is 0.292. The highest BCUT2D eigenvalue weighted by molar-refractivity contribution is 6.26. The lowest BCUT2D eigenvalue weighted by Crippen LogP contribution is -1.82. The normalized spacial score (nSPS) is 7.60. The van der Waals surface area contributed by atoms with Crippen molar-refractivity contribution < 1.29 is 9.42 Å². The molecule has 30 valence electrons. The Morgan fingerprint density at radius 2 is 2.40 bits per heavy atom. The number of rotatable bonds is 2. The third kappa shape index (κ3) is 3.95. The van der Waals surface area contributed by atoms with Crippen LogP contribution in [0.5, 0.6) is 0 Å². The number of aliphatic hydroxyl groups is 1. The fraction of sp³-hybridized carbons (Fsp3) is 1.00. The first-order valence-corrected chi connectivity index (χ1v) is 1.58. The fourth-order valence-electron chi connectivity index (χ4n) is 0.0598. The van der Waals surface area contributed by atoms with Crippen LogP contribution in [0.1, 0.15) is 0 Å². The Kier molecular flexibility index (Phi) is 3.92. The highest BCUT2D eigenvalue weighted by Crippen LogP contribution is 1.70. The molecule has 0 aliphatic heterocycles. The number of halogens is 1. The van der Waals surface area contributed by atoms with Crippen molar-refractivity contribution in [2.24, 2.45) is 0 Å². The van der Waals surface area contributed by atoms with Crippen molar-refractivity contribution in [3.63, 3.8) is 0 Å². The summed E-state index contributed by atoms with van der Waals surface area (Å²) in [5.41, 5.74) is 0. The lowest BCUT2D eigenvalue weighted by molar-refractivity contribution is 0.316. The van der Waals surface area contributed by atoms with Gasteiger partial charge in [-0.15, -0.1) is 0 Å². The Morgan fingerprint density at radius 1 is 1.80 bits per heavy atom.